The molecule has 0 unspecified atom stereocenters. The Bertz CT molecular complexity index is 679. The molecule has 0 bridgehead atoms. The molecule has 4 heteroatoms. The Kier molecular flexibility index (Phi) is 3.29. The zero-order valence-electron chi connectivity index (χ0n) is 10.7. The fourth-order valence-corrected chi connectivity index (χ4v) is 1.85. The number of nitrogens with zero attached hydrogens (tertiary/aromatic N) is 2. The quantitative estimate of drug-likeness (QED) is 0.785. The molecule has 20 heavy (non-hydrogen) atoms. The van der Waals surface area contributed by atoms with Crippen LogP contribution in [-0.2, 0) is 0 Å². The molecule has 0 saturated carbocycles. The van der Waals surface area contributed by atoms with Crippen LogP contribution in [0.3, 0.4) is 0 Å². The third kappa shape index (κ3) is 2.75. The van der Waals surface area contributed by atoms with Gasteiger partial charge in [0.15, 0.2) is 0 Å². The van der Waals surface area contributed by atoms with Gasteiger partial charge in [-0.1, -0.05) is 42.5 Å². The van der Waals surface area contributed by atoms with Crippen LogP contribution < -0.4 is 10.5 Å². The number of anilines is 1. The van der Waals surface area contributed by atoms with Crippen molar-refractivity contribution in [3.8, 4) is 22.8 Å². The summed E-state index contributed by atoms with van der Waals surface area (Å²) in [6.07, 6.45) is 2.97. The molecular weight excluding hydrogens is 250 g/mol. The first-order chi connectivity index (χ1) is 9.81. The number of hydrogen-bond donors (Lipinski definition) is 1. The first-order valence-corrected chi connectivity index (χ1v) is 6.22. The van der Waals surface area contributed by atoms with Crippen LogP contribution in [0, 0.1) is 0 Å². The van der Waals surface area contributed by atoms with Crippen molar-refractivity contribution in [1.29, 1.82) is 0 Å². The molecule has 0 fully saturated rings. The van der Waals surface area contributed by atoms with Crippen LogP contribution >= 0.6 is 0 Å². The van der Waals surface area contributed by atoms with Gasteiger partial charge < -0.3 is 10.5 Å². The van der Waals surface area contributed by atoms with E-state index in [0.29, 0.717) is 17.4 Å². The molecule has 2 N–H and O–H groups in total. The van der Waals surface area contributed by atoms with E-state index < -0.39 is 0 Å². The van der Waals surface area contributed by atoms with Crippen molar-refractivity contribution in [2.45, 2.75) is 0 Å². The van der Waals surface area contributed by atoms with Crippen LogP contribution in [0.4, 0.5) is 5.82 Å². The lowest BCUT2D eigenvalue weighted by Crippen LogP contribution is -1.93. The van der Waals surface area contributed by atoms with Crippen molar-refractivity contribution in [3.05, 3.63) is 67.0 Å². The number of nitrogens with two attached hydrogens (primary N) is 1. The predicted molar refractivity (Wildman–Crippen MR) is 78.4 cm³/mol. The van der Waals surface area contributed by atoms with Crippen molar-refractivity contribution in [2.24, 2.45) is 0 Å². The molecule has 0 aliphatic heterocycles. The Labute approximate surface area is 116 Å². The van der Waals surface area contributed by atoms with Gasteiger partial charge in [-0.05, 0) is 23.3 Å². The van der Waals surface area contributed by atoms with E-state index in [-0.39, 0.29) is 0 Å². The highest BCUT2D eigenvalue weighted by molar-refractivity contribution is 5.63. The zero-order valence-corrected chi connectivity index (χ0v) is 10.7. The van der Waals surface area contributed by atoms with Crippen molar-refractivity contribution in [2.75, 3.05) is 5.73 Å². The summed E-state index contributed by atoms with van der Waals surface area (Å²) in [4.78, 5) is 7.98. The second-order valence-electron chi connectivity index (χ2n) is 4.27. The third-order valence-corrected chi connectivity index (χ3v) is 2.83. The van der Waals surface area contributed by atoms with Gasteiger partial charge in [-0.2, -0.15) is 0 Å². The Balaban J connectivity index is 1.78. The van der Waals surface area contributed by atoms with Gasteiger partial charge in [-0.3, -0.25) is 0 Å². The minimum atomic E-state index is 0.372. The Morgan fingerprint density at radius 3 is 2.10 bits per heavy atom. The van der Waals surface area contributed by atoms with Crippen LogP contribution in [0.5, 0.6) is 11.6 Å². The van der Waals surface area contributed by atoms with Crippen molar-refractivity contribution in [3.63, 3.8) is 0 Å². The van der Waals surface area contributed by atoms with Crippen LogP contribution in [-0.4, -0.2) is 9.97 Å². The number of ether oxygens (including phenoxy) is 1. The van der Waals surface area contributed by atoms with Crippen LogP contribution in [0.2, 0.25) is 0 Å². The van der Waals surface area contributed by atoms with E-state index in [1.165, 1.54) is 18.0 Å². The molecule has 0 amide bonds. The molecule has 0 atom stereocenters. The van der Waals surface area contributed by atoms with Crippen molar-refractivity contribution in [1.82, 2.24) is 9.97 Å². The van der Waals surface area contributed by atoms with Gasteiger partial charge in [0.1, 0.15) is 11.6 Å². The largest absolute Gasteiger partial charge is 0.438 e. The van der Waals surface area contributed by atoms with E-state index >= 15 is 0 Å². The summed E-state index contributed by atoms with van der Waals surface area (Å²) < 4.78 is 5.60. The Hall–Kier alpha value is -2.88. The Morgan fingerprint density at radius 2 is 1.45 bits per heavy atom. The molecule has 3 rings (SSSR count). The summed E-state index contributed by atoms with van der Waals surface area (Å²) in [5.74, 6) is 1.51. The highest BCUT2D eigenvalue weighted by atomic mass is 16.5. The van der Waals surface area contributed by atoms with Gasteiger partial charge in [0.05, 0.1) is 12.4 Å². The molecule has 1 heterocycles. The highest BCUT2D eigenvalue weighted by Gasteiger charge is 2.01. The lowest BCUT2D eigenvalue weighted by atomic mass is 10.1. The number of nitrogen functional groups attached to an aromatic ring is 1. The molecule has 4 nitrogen and oxygen atoms in total. The van der Waals surface area contributed by atoms with E-state index in [0.717, 1.165) is 5.56 Å². The number of benzene rings is 2. The first kappa shape index (κ1) is 12.2. The van der Waals surface area contributed by atoms with Gasteiger partial charge in [-0.15, -0.1) is 0 Å². The van der Waals surface area contributed by atoms with Gasteiger partial charge in [0, 0.05) is 0 Å². The molecule has 1 aromatic heterocycles. The second kappa shape index (κ2) is 5.40. The molecule has 0 aliphatic carbocycles. The van der Waals surface area contributed by atoms with Gasteiger partial charge in [0.25, 0.3) is 0 Å². The van der Waals surface area contributed by atoms with E-state index in [2.05, 4.69) is 22.1 Å². The lowest BCUT2D eigenvalue weighted by Gasteiger charge is -2.06. The minimum absolute atomic E-state index is 0.372. The molecule has 2 aromatic carbocycles. The first-order valence-electron chi connectivity index (χ1n) is 6.22. The summed E-state index contributed by atoms with van der Waals surface area (Å²) >= 11 is 0. The maximum Gasteiger partial charge on any atom is 0.237 e. The number of rotatable bonds is 3. The normalized spacial score (nSPS) is 10.2. The summed E-state index contributed by atoms with van der Waals surface area (Å²) in [5.41, 5.74) is 7.79. The zero-order chi connectivity index (χ0) is 13.8. The monoisotopic (exact) mass is 263 g/mol. The molecule has 0 spiro atoms. The smallest absolute Gasteiger partial charge is 0.237 e. The number of aromatic nitrogens is 2. The summed E-state index contributed by atoms with van der Waals surface area (Å²) in [6, 6.07) is 18.0. The molecule has 0 saturated heterocycles. The van der Waals surface area contributed by atoms with Crippen LogP contribution in [0.25, 0.3) is 11.1 Å². The molecule has 0 aliphatic rings. The summed E-state index contributed by atoms with van der Waals surface area (Å²) in [6.45, 7) is 0. The topological polar surface area (TPSA) is 61.0 Å². The standard InChI is InChI=1S/C16H13N3O/c17-15-10-19-16(11-18-15)20-14-8-6-13(7-9-14)12-4-2-1-3-5-12/h1-11H,(H2,17,18). The SMILES string of the molecule is Nc1cnc(Oc2ccc(-c3ccccc3)cc2)cn1. The van der Waals surface area contributed by atoms with Crippen LogP contribution in [0.15, 0.2) is 67.0 Å². The number of hydrogen-bond acceptors (Lipinski definition) is 4. The van der Waals surface area contributed by atoms with Crippen LogP contribution in [0.1, 0.15) is 0 Å². The molecule has 98 valence electrons. The van der Waals surface area contributed by atoms with E-state index in [1.807, 2.05) is 42.5 Å². The summed E-state index contributed by atoms with van der Waals surface area (Å²) in [5, 5.41) is 0. The maximum atomic E-state index is 5.60. The minimum Gasteiger partial charge on any atom is -0.438 e. The van der Waals surface area contributed by atoms with Crippen molar-refractivity contribution >= 4 is 5.82 Å². The fraction of sp³-hybridized carbons (Fsp3) is 0. The van der Waals surface area contributed by atoms with Crippen molar-refractivity contribution < 1.29 is 4.74 Å². The second-order valence-corrected chi connectivity index (χ2v) is 4.27. The molecule has 0 radical (unpaired) electrons. The fourth-order valence-electron chi connectivity index (χ4n) is 1.85. The van der Waals surface area contributed by atoms with Gasteiger partial charge in [0.2, 0.25) is 5.88 Å². The average Bonchev–Trinajstić information content (AvgIpc) is 2.51. The summed E-state index contributed by atoms with van der Waals surface area (Å²) in [7, 11) is 0. The third-order valence-electron chi connectivity index (χ3n) is 2.83. The van der Waals surface area contributed by atoms with E-state index in [9.17, 15) is 0 Å². The average molecular weight is 263 g/mol. The lowest BCUT2D eigenvalue weighted by molar-refractivity contribution is 0.460. The Morgan fingerprint density at radius 1 is 0.750 bits per heavy atom. The van der Waals surface area contributed by atoms with E-state index in [4.69, 9.17) is 10.5 Å². The predicted octanol–water partition coefficient (Wildman–Crippen LogP) is 3.52. The van der Waals surface area contributed by atoms with Gasteiger partial charge in [-0.25, -0.2) is 9.97 Å². The molecular formula is C16H13N3O. The maximum absolute atomic E-state index is 5.60. The molecule has 3 aromatic rings. The van der Waals surface area contributed by atoms with E-state index in [1.54, 1.807) is 0 Å². The van der Waals surface area contributed by atoms with Gasteiger partial charge >= 0.3 is 0 Å². The highest BCUT2D eigenvalue weighted by Crippen LogP contribution is 2.24.